The van der Waals surface area contributed by atoms with Gasteiger partial charge in [0, 0.05) is 25.4 Å². The van der Waals surface area contributed by atoms with E-state index in [0.29, 0.717) is 0 Å². The van der Waals surface area contributed by atoms with Gasteiger partial charge < -0.3 is 9.88 Å². The second kappa shape index (κ2) is 4.51. The van der Waals surface area contributed by atoms with E-state index in [1.165, 1.54) is 12.8 Å². The van der Waals surface area contributed by atoms with E-state index in [4.69, 9.17) is 0 Å². The van der Waals surface area contributed by atoms with Crippen molar-refractivity contribution in [3.05, 3.63) is 28.7 Å². The number of aromatic nitrogens is 1. The van der Waals surface area contributed by atoms with Crippen LogP contribution in [0.15, 0.2) is 23.1 Å². The van der Waals surface area contributed by atoms with Gasteiger partial charge in [-0.15, -0.1) is 0 Å². The van der Waals surface area contributed by atoms with Gasteiger partial charge in [0.05, 0.1) is 5.69 Å². The normalized spacial score (nSPS) is 15.3. The van der Waals surface area contributed by atoms with Gasteiger partial charge in [0.25, 0.3) is 5.56 Å². The molecule has 1 aromatic rings. The maximum absolute atomic E-state index is 11.4. The predicted octanol–water partition coefficient (Wildman–Crippen LogP) is 2.08. The van der Waals surface area contributed by atoms with Gasteiger partial charge in [-0.3, -0.25) is 4.79 Å². The van der Waals surface area contributed by atoms with Crippen LogP contribution in [0.4, 0.5) is 5.69 Å². The lowest BCUT2D eigenvalue weighted by atomic mass is 10.3. The summed E-state index contributed by atoms with van der Waals surface area (Å²) < 4.78 is 1.77. The molecule has 1 aromatic heterocycles. The van der Waals surface area contributed by atoms with E-state index in [1.807, 2.05) is 12.3 Å². The molecule has 0 radical (unpaired) electrons. The number of pyridine rings is 1. The topological polar surface area (TPSA) is 34.0 Å². The van der Waals surface area contributed by atoms with Crippen LogP contribution in [0.1, 0.15) is 26.2 Å². The molecule has 82 valence electrons. The highest BCUT2D eigenvalue weighted by Crippen LogP contribution is 2.28. The summed E-state index contributed by atoms with van der Waals surface area (Å²) in [7, 11) is 0. The molecule has 2 rings (SSSR count). The SMILES string of the molecule is CCCn1cc(NCC2CC2)ccc1=O. The molecule has 0 amide bonds. The summed E-state index contributed by atoms with van der Waals surface area (Å²) >= 11 is 0. The quantitative estimate of drug-likeness (QED) is 0.800. The van der Waals surface area contributed by atoms with Crippen molar-refractivity contribution >= 4 is 5.69 Å². The molecule has 3 heteroatoms. The fourth-order valence-corrected chi connectivity index (χ4v) is 1.64. The first-order valence-corrected chi connectivity index (χ1v) is 5.74. The van der Waals surface area contributed by atoms with Crippen molar-refractivity contribution in [2.75, 3.05) is 11.9 Å². The second-order valence-electron chi connectivity index (χ2n) is 4.27. The smallest absolute Gasteiger partial charge is 0.250 e. The molecule has 3 nitrogen and oxygen atoms in total. The number of nitrogens with one attached hydrogen (secondary N) is 1. The Morgan fingerprint density at radius 3 is 2.93 bits per heavy atom. The first-order chi connectivity index (χ1) is 7.29. The fourth-order valence-electron chi connectivity index (χ4n) is 1.64. The van der Waals surface area contributed by atoms with Crippen LogP contribution in [-0.2, 0) is 6.54 Å². The minimum atomic E-state index is 0.0915. The van der Waals surface area contributed by atoms with Gasteiger partial charge in [-0.25, -0.2) is 0 Å². The van der Waals surface area contributed by atoms with Crippen LogP contribution in [0.5, 0.6) is 0 Å². The van der Waals surface area contributed by atoms with Gasteiger partial charge in [0.1, 0.15) is 0 Å². The summed E-state index contributed by atoms with van der Waals surface area (Å²) in [5.41, 5.74) is 1.16. The zero-order valence-corrected chi connectivity index (χ0v) is 9.20. The molecule has 1 aliphatic rings. The minimum absolute atomic E-state index is 0.0915. The van der Waals surface area contributed by atoms with Gasteiger partial charge in [-0.2, -0.15) is 0 Å². The second-order valence-corrected chi connectivity index (χ2v) is 4.27. The lowest BCUT2D eigenvalue weighted by Gasteiger charge is -2.08. The largest absolute Gasteiger partial charge is 0.384 e. The summed E-state index contributed by atoms with van der Waals surface area (Å²) in [6, 6.07) is 3.52. The summed E-state index contributed by atoms with van der Waals surface area (Å²) in [5.74, 6) is 0.858. The molecule has 1 aliphatic carbocycles. The third kappa shape index (κ3) is 2.85. The number of aryl methyl sites for hydroxylation is 1. The van der Waals surface area contributed by atoms with Crippen molar-refractivity contribution in [2.24, 2.45) is 5.92 Å². The maximum Gasteiger partial charge on any atom is 0.250 e. The molecule has 0 unspecified atom stereocenters. The highest BCUT2D eigenvalue weighted by molar-refractivity contribution is 5.40. The number of anilines is 1. The van der Waals surface area contributed by atoms with E-state index >= 15 is 0 Å². The zero-order chi connectivity index (χ0) is 10.7. The van der Waals surface area contributed by atoms with Crippen LogP contribution in [0.3, 0.4) is 0 Å². The van der Waals surface area contributed by atoms with Crippen molar-refractivity contribution in [3.8, 4) is 0 Å². The van der Waals surface area contributed by atoms with Gasteiger partial charge in [0.15, 0.2) is 0 Å². The molecular formula is C12H18N2O. The van der Waals surface area contributed by atoms with Crippen LogP contribution >= 0.6 is 0 Å². The van der Waals surface area contributed by atoms with Crippen LogP contribution in [-0.4, -0.2) is 11.1 Å². The number of rotatable bonds is 5. The lowest BCUT2D eigenvalue weighted by Crippen LogP contribution is -2.19. The van der Waals surface area contributed by atoms with Gasteiger partial charge in [0.2, 0.25) is 0 Å². The average molecular weight is 206 g/mol. The van der Waals surface area contributed by atoms with Gasteiger partial charge in [-0.05, 0) is 31.2 Å². The molecule has 15 heavy (non-hydrogen) atoms. The molecule has 0 aromatic carbocycles. The standard InChI is InChI=1S/C12H18N2O/c1-2-7-14-9-11(5-6-12(14)15)13-8-10-3-4-10/h5-6,9-10,13H,2-4,7-8H2,1H3. The van der Waals surface area contributed by atoms with E-state index in [-0.39, 0.29) is 5.56 Å². The van der Waals surface area contributed by atoms with Crippen LogP contribution < -0.4 is 10.9 Å². The van der Waals surface area contributed by atoms with Crippen LogP contribution in [0.2, 0.25) is 0 Å². The highest BCUT2D eigenvalue weighted by atomic mass is 16.1. The third-order valence-electron chi connectivity index (χ3n) is 2.74. The molecule has 0 bridgehead atoms. The molecular weight excluding hydrogens is 188 g/mol. The van der Waals surface area contributed by atoms with Crippen LogP contribution in [0, 0.1) is 5.92 Å². The van der Waals surface area contributed by atoms with Crippen molar-refractivity contribution < 1.29 is 0 Å². The molecule has 0 atom stereocenters. The summed E-state index contributed by atoms with van der Waals surface area (Å²) in [6.07, 6.45) is 5.61. The Bertz CT molecular complexity index is 379. The zero-order valence-electron chi connectivity index (χ0n) is 9.20. The summed E-state index contributed by atoms with van der Waals surface area (Å²) in [5, 5.41) is 3.37. The monoisotopic (exact) mass is 206 g/mol. The Hall–Kier alpha value is -1.25. The molecule has 1 saturated carbocycles. The number of hydrogen-bond acceptors (Lipinski definition) is 2. The van der Waals surface area contributed by atoms with Gasteiger partial charge >= 0.3 is 0 Å². The number of nitrogens with zero attached hydrogens (tertiary/aromatic N) is 1. The van der Waals surface area contributed by atoms with E-state index < -0.39 is 0 Å². The summed E-state index contributed by atoms with van der Waals surface area (Å²) in [6.45, 7) is 3.93. The molecule has 1 fully saturated rings. The third-order valence-corrected chi connectivity index (χ3v) is 2.74. The van der Waals surface area contributed by atoms with Crippen LogP contribution in [0.25, 0.3) is 0 Å². The molecule has 1 N–H and O–H groups in total. The Morgan fingerprint density at radius 1 is 1.47 bits per heavy atom. The Morgan fingerprint density at radius 2 is 2.27 bits per heavy atom. The van der Waals surface area contributed by atoms with E-state index in [1.54, 1.807) is 10.6 Å². The highest BCUT2D eigenvalue weighted by Gasteiger charge is 2.20. The van der Waals surface area contributed by atoms with Gasteiger partial charge in [-0.1, -0.05) is 6.92 Å². The van der Waals surface area contributed by atoms with Crippen molar-refractivity contribution in [2.45, 2.75) is 32.7 Å². The van der Waals surface area contributed by atoms with E-state index in [9.17, 15) is 4.79 Å². The fraction of sp³-hybridized carbons (Fsp3) is 0.583. The Kier molecular flexibility index (Phi) is 3.09. The van der Waals surface area contributed by atoms with Crippen molar-refractivity contribution in [1.29, 1.82) is 0 Å². The van der Waals surface area contributed by atoms with Crippen molar-refractivity contribution in [3.63, 3.8) is 0 Å². The maximum atomic E-state index is 11.4. The van der Waals surface area contributed by atoms with Crippen molar-refractivity contribution in [1.82, 2.24) is 4.57 Å². The Balaban J connectivity index is 2.03. The molecule has 0 spiro atoms. The molecule has 0 aliphatic heterocycles. The Labute approximate surface area is 90.1 Å². The van der Waals surface area contributed by atoms with E-state index in [0.717, 1.165) is 31.1 Å². The summed E-state index contributed by atoms with van der Waals surface area (Å²) in [4.78, 5) is 11.4. The minimum Gasteiger partial charge on any atom is -0.384 e. The molecule has 1 heterocycles. The number of hydrogen-bond donors (Lipinski definition) is 1. The lowest BCUT2D eigenvalue weighted by molar-refractivity contribution is 0.654. The first-order valence-electron chi connectivity index (χ1n) is 5.74. The average Bonchev–Trinajstić information content (AvgIpc) is 3.03. The predicted molar refractivity (Wildman–Crippen MR) is 62.2 cm³/mol. The van der Waals surface area contributed by atoms with E-state index in [2.05, 4.69) is 12.2 Å². The first kappa shape index (κ1) is 10.3. The molecule has 0 saturated heterocycles.